The zero-order chi connectivity index (χ0) is 13.4. The Hall–Kier alpha value is -0.490. The summed E-state index contributed by atoms with van der Waals surface area (Å²) in [7, 11) is 0. The van der Waals surface area contributed by atoms with Gasteiger partial charge in [0.05, 0.1) is 0 Å². The molecule has 7 heteroatoms. The number of rotatable bonds is 5. The van der Waals surface area contributed by atoms with Crippen LogP contribution in [0.25, 0.3) is 0 Å². The van der Waals surface area contributed by atoms with Crippen LogP contribution in [0.1, 0.15) is 44.9 Å². The van der Waals surface area contributed by atoms with Gasteiger partial charge in [0.15, 0.2) is 0 Å². The van der Waals surface area contributed by atoms with E-state index in [-0.39, 0.29) is 19.0 Å². The summed E-state index contributed by atoms with van der Waals surface area (Å²) in [6.45, 7) is 0.791. The lowest BCUT2D eigenvalue weighted by Gasteiger charge is -2.16. The van der Waals surface area contributed by atoms with Gasteiger partial charge in [-0.05, 0) is 12.8 Å². The number of halogens is 4. The first-order chi connectivity index (χ1) is 8.47. The summed E-state index contributed by atoms with van der Waals surface area (Å²) in [5.74, 6) is -0.954. The minimum atomic E-state index is -4.42. The maximum absolute atomic E-state index is 11.9. The Balaban J connectivity index is 0.00000324. The number of hydrogen-bond acceptors (Lipinski definition) is 2. The van der Waals surface area contributed by atoms with Crippen LogP contribution in [0.3, 0.4) is 0 Å². The molecule has 0 saturated heterocycles. The van der Waals surface area contributed by atoms with E-state index < -0.39 is 18.5 Å². The highest BCUT2D eigenvalue weighted by Gasteiger charge is 2.30. The molecule has 19 heavy (non-hydrogen) atoms. The van der Waals surface area contributed by atoms with Crippen molar-refractivity contribution in [2.75, 3.05) is 13.1 Å². The predicted molar refractivity (Wildman–Crippen MR) is 70.4 cm³/mol. The fraction of sp³-hybridized carbons (Fsp3) is 0.917. The first-order valence-corrected chi connectivity index (χ1v) is 6.54. The molecule has 0 aromatic carbocycles. The van der Waals surface area contributed by atoms with Crippen molar-refractivity contribution in [2.24, 2.45) is 0 Å². The highest BCUT2D eigenvalue weighted by Crippen LogP contribution is 2.19. The van der Waals surface area contributed by atoms with Crippen LogP contribution in [0.5, 0.6) is 0 Å². The molecular formula is C12H22ClF3N2O. The summed E-state index contributed by atoms with van der Waals surface area (Å²) in [5.41, 5.74) is 0. The third-order valence-electron chi connectivity index (χ3n) is 3.10. The summed E-state index contributed by atoms with van der Waals surface area (Å²) in [6, 6.07) is 0.451. The van der Waals surface area contributed by atoms with E-state index >= 15 is 0 Å². The Kier molecular flexibility index (Phi) is 9.18. The summed E-state index contributed by atoms with van der Waals surface area (Å²) in [6.07, 6.45) is 1.37. The van der Waals surface area contributed by atoms with Gasteiger partial charge in [-0.2, -0.15) is 13.2 Å². The first kappa shape index (κ1) is 18.5. The van der Waals surface area contributed by atoms with E-state index in [0.29, 0.717) is 12.6 Å². The van der Waals surface area contributed by atoms with Crippen LogP contribution >= 0.6 is 12.4 Å². The monoisotopic (exact) mass is 302 g/mol. The van der Waals surface area contributed by atoms with Gasteiger partial charge in [0.25, 0.3) is 0 Å². The van der Waals surface area contributed by atoms with Gasteiger partial charge in [0.1, 0.15) is 6.42 Å². The predicted octanol–water partition coefficient (Wildman–Crippen LogP) is 2.79. The third-order valence-corrected chi connectivity index (χ3v) is 3.10. The topological polar surface area (TPSA) is 41.1 Å². The Morgan fingerprint density at radius 1 is 1.05 bits per heavy atom. The van der Waals surface area contributed by atoms with Crippen LogP contribution in [-0.2, 0) is 4.79 Å². The van der Waals surface area contributed by atoms with E-state index in [1.807, 2.05) is 0 Å². The smallest absolute Gasteiger partial charge is 0.355 e. The second-order valence-corrected chi connectivity index (χ2v) is 4.78. The van der Waals surface area contributed by atoms with Gasteiger partial charge in [-0.1, -0.05) is 25.7 Å². The number of hydrogen-bond donors (Lipinski definition) is 2. The number of carbonyl (C=O) groups excluding carboxylic acids is 1. The molecule has 1 aliphatic rings. The Labute approximate surface area is 118 Å². The molecule has 0 aliphatic heterocycles. The maximum Gasteiger partial charge on any atom is 0.397 e. The first-order valence-electron chi connectivity index (χ1n) is 6.54. The Morgan fingerprint density at radius 2 is 1.63 bits per heavy atom. The molecule has 2 N–H and O–H groups in total. The molecule has 0 heterocycles. The van der Waals surface area contributed by atoms with Crippen molar-refractivity contribution >= 4 is 18.3 Å². The van der Waals surface area contributed by atoms with Crippen molar-refractivity contribution in [1.29, 1.82) is 0 Å². The van der Waals surface area contributed by atoms with E-state index in [4.69, 9.17) is 0 Å². The van der Waals surface area contributed by atoms with E-state index in [1.54, 1.807) is 0 Å². The lowest BCUT2D eigenvalue weighted by atomic mass is 10.1. The SMILES string of the molecule is Cl.O=C(CC(F)(F)F)NCCNC1CCCCCC1. The van der Waals surface area contributed by atoms with Gasteiger partial charge in [0.2, 0.25) is 5.91 Å². The van der Waals surface area contributed by atoms with Crippen LogP contribution in [0.2, 0.25) is 0 Å². The Morgan fingerprint density at radius 3 is 2.16 bits per heavy atom. The zero-order valence-electron chi connectivity index (χ0n) is 10.9. The molecule has 0 aromatic heterocycles. The van der Waals surface area contributed by atoms with Gasteiger partial charge in [-0.3, -0.25) is 4.79 Å². The molecule has 0 spiro atoms. The molecule has 1 rings (SSSR count). The van der Waals surface area contributed by atoms with Gasteiger partial charge in [-0.25, -0.2) is 0 Å². The van der Waals surface area contributed by atoms with Crippen molar-refractivity contribution in [3.8, 4) is 0 Å². The van der Waals surface area contributed by atoms with Crippen molar-refractivity contribution in [3.63, 3.8) is 0 Å². The van der Waals surface area contributed by atoms with Gasteiger partial charge >= 0.3 is 6.18 Å². The van der Waals surface area contributed by atoms with Crippen LogP contribution in [0, 0.1) is 0 Å². The lowest BCUT2D eigenvalue weighted by molar-refractivity contribution is -0.153. The number of carbonyl (C=O) groups is 1. The normalized spacial score (nSPS) is 17.4. The Bertz CT molecular complexity index is 254. The molecule has 3 nitrogen and oxygen atoms in total. The molecule has 1 fully saturated rings. The molecule has 0 aromatic rings. The van der Waals surface area contributed by atoms with E-state index in [1.165, 1.54) is 25.7 Å². The molecule has 114 valence electrons. The number of amides is 1. The molecule has 0 unspecified atom stereocenters. The van der Waals surface area contributed by atoms with Crippen molar-refractivity contribution in [1.82, 2.24) is 10.6 Å². The maximum atomic E-state index is 11.9. The van der Waals surface area contributed by atoms with E-state index in [0.717, 1.165) is 12.8 Å². The van der Waals surface area contributed by atoms with Crippen molar-refractivity contribution in [2.45, 2.75) is 57.2 Å². The number of nitrogens with one attached hydrogen (secondary N) is 2. The molecule has 0 bridgehead atoms. The molecular weight excluding hydrogens is 281 g/mol. The molecule has 1 aliphatic carbocycles. The quantitative estimate of drug-likeness (QED) is 0.606. The second kappa shape index (κ2) is 9.42. The standard InChI is InChI=1S/C12H21F3N2O.ClH/c13-12(14,15)9-11(18)17-8-7-16-10-5-3-1-2-4-6-10;/h10,16H,1-9H2,(H,17,18);1H. The summed E-state index contributed by atoms with van der Waals surface area (Å²) >= 11 is 0. The largest absolute Gasteiger partial charge is 0.397 e. The van der Waals surface area contributed by atoms with Crippen molar-refractivity contribution in [3.05, 3.63) is 0 Å². The molecule has 0 atom stereocenters. The average molecular weight is 303 g/mol. The van der Waals surface area contributed by atoms with Gasteiger partial charge in [-0.15, -0.1) is 12.4 Å². The minimum Gasteiger partial charge on any atom is -0.355 e. The fourth-order valence-electron chi connectivity index (χ4n) is 2.21. The van der Waals surface area contributed by atoms with E-state index in [9.17, 15) is 18.0 Å². The van der Waals surface area contributed by atoms with Crippen LogP contribution in [0.15, 0.2) is 0 Å². The van der Waals surface area contributed by atoms with Crippen molar-refractivity contribution < 1.29 is 18.0 Å². The highest BCUT2D eigenvalue weighted by atomic mass is 35.5. The van der Waals surface area contributed by atoms with E-state index in [2.05, 4.69) is 10.6 Å². The molecule has 1 saturated carbocycles. The zero-order valence-corrected chi connectivity index (χ0v) is 11.7. The molecule has 0 radical (unpaired) electrons. The van der Waals surface area contributed by atoms with Crippen LogP contribution < -0.4 is 10.6 Å². The third kappa shape index (κ3) is 10.0. The van der Waals surface area contributed by atoms with Crippen LogP contribution in [-0.4, -0.2) is 31.2 Å². The summed E-state index contributed by atoms with van der Waals surface area (Å²) in [5, 5.41) is 5.56. The molecule has 1 amide bonds. The summed E-state index contributed by atoms with van der Waals surface area (Å²) < 4.78 is 35.6. The minimum absolute atomic E-state index is 0. The number of alkyl halides is 3. The van der Waals surface area contributed by atoms with Crippen LogP contribution in [0.4, 0.5) is 13.2 Å². The second-order valence-electron chi connectivity index (χ2n) is 4.78. The highest BCUT2D eigenvalue weighted by molar-refractivity contribution is 5.85. The average Bonchev–Trinajstić information content (AvgIpc) is 2.50. The summed E-state index contributed by atoms with van der Waals surface area (Å²) in [4.78, 5) is 10.9. The fourth-order valence-corrected chi connectivity index (χ4v) is 2.21. The lowest BCUT2D eigenvalue weighted by Crippen LogP contribution is -2.38. The van der Waals surface area contributed by atoms with Gasteiger partial charge in [0, 0.05) is 19.1 Å². The van der Waals surface area contributed by atoms with Gasteiger partial charge < -0.3 is 10.6 Å².